The molecule has 1 aromatic heterocycles. The van der Waals surface area contributed by atoms with E-state index < -0.39 is 11.7 Å². The van der Waals surface area contributed by atoms with E-state index in [2.05, 4.69) is 10.5 Å². The summed E-state index contributed by atoms with van der Waals surface area (Å²) in [4.78, 5) is 17.8. The van der Waals surface area contributed by atoms with Crippen molar-refractivity contribution in [2.45, 2.75) is 0 Å². The number of ether oxygens (including phenoxy) is 3. The number of hydrazone groups is 1. The first-order valence-electron chi connectivity index (χ1n) is 10.4. The van der Waals surface area contributed by atoms with Gasteiger partial charge in [-0.05, 0) is 36.4 Å². The average Bonchev–Trinajstić information content (AvgIpc) is 2.88. The molecule has 4 rings (SSSR count). The van der Waals surface area contributed by atoms with E-state index in [0.717, 1.165) is 0 Å². The topological polar surface area (TPSA) is 82.0 Å². The predicted molar refractivity (Wildman–Crippen MR) is 133 cm³/mol. The first-order chi connectivity index (χ1) is 17.0. The Bertz CT molecular complexity index is 1400. The molecule has 1 amide bonds. The number of nitrogens with one attached hydrogen (secondary N) is 1. The maximum atomic E-state index is 14.0. The third-order valence-electron chi connectivity index (χ3n) is 5.28. The number of rotatable bonds is 7. The fourth-order valence-corrected chi connectivity index (χ4v) is 3.80. The summed E-state index contributed by atoms with van der Waals surface area (Å²) in [5.74, 6) is 0.303. The van der Waals surface area contributed by atoms with Crippen molar-refractivity contribution in [1.82, 2.24) is 10.4 Å². The zero-order chi connectivity index (χ0) is 24.9. The number of pyridine rings is 1. The van der Waals surface area contributed by atoms with Crippen LogP contribution in [0.2, 0.25) is 5.02 Å². The van der Waals surface area contributed by atoms with Crippen molar-refractivity contribution in [3.05, 3.63) is 82.6 Å². The number of halogens is 2. The van der Waals surface area contributed by atoms with Crippen molar-refractivity contribution >= 4 is 34.6 Å². The number of para-hydroxylation sites is 1. The smallest absolute Gasteiger partial charge is 0.272 e. The van der Waals surface area contributed by atoms with Crippen molar-refractivity contribution in [3.63, 3.8) is 0 Å². The number of methoxy groups -OCH3 is 3. The Morgan fingerprint density at radius 1 is 1.00 bits per heavy atom. The predicted octanol–water partition coefficient (Wildman–Crippen LogP) is 5.48. The van der Waals surface area contributed by atoms with Crippen molar-refractivity contribution in [3.8, 4) is 28.5 Å². The van der Waals surface area contributed by atoms with Crippen LogP contribution in [-0.4, -0.2) is 38.4 Å². The van der Waals surface area contributed by atoms with Crippen LogP contribution in [0.25, 0.3) is 22.2 Å². The number of benzene rings is 3. The molecule has 0 aliphatic rings. The molecule has 0 atom stereocenters. The largest absolute Gasteiger partial charge is 0.493 e. The minimum Gasteiger partial charge on any atom is -0.493 e. The lowest BCUT2D eigenvalue weighted by Gasteiger charge is -2.15. The van der Waals surface area contributed by atoms with E-state index in [9.17, 15) is 9.18 Å². The van der Waals surface area contributed by atoms with Gasteiger partial charge in [0.1, 0.15) is 5.82 Å². The highest BCUT2D eigenvalue weighted by atomic mass is 35.5. The molecule has 178 valence electrons. The molecule has 1 heterocycles. The highest BCUT2D eigenvalue weighted by Crippen LogP contribution is 2.41. The second kappa shape index (κ2) is 10.4. The molecular weight excluding hydrogens is 473 g/mol. The third-order valence-corrected chi connectivity index (χ3v) is 5.61. The Morgan fingerprint density at radius 2 is 1.71 bits per heavy atom. The van der Waals surface area contributed by atoms with Crippen LogP contribution in [0.4, 0.5) is 4.39 Å². The van der Waals surface area contributed by atoms with Crippen LogP contribution in [0, 0.1) is 5.82 Å². The summed E-state index contributed by atoms with van der Waals surface area (Å²) in [6, 6.07) is 16.6. The van der Waals surface area contributed by atoms with Crippen LogP contribution in [-0.2, 0) is 0 Å². The van der Waals surface area contributed by atoms with E-state index in [4.69, 9.17) is 30.8 Å². The SMILES string of the molecule is COc1cc(-c2cc(C(=O)N/N=C/c3c(F)cccc3Cl)c3ccccc3n2)cc(OC)c1OC. The molecule has 0 saturated heterocycles. The van der Waals surface area contributed by atoms with Gasteiger partial charge in [0.15, 0.2) is 11.5 Å². The van der Waals surface area contributed by atoms with E-state index in [1.54, 1.807) is 30.3 Å². The summed E-state index contributed by atoms with van der Waals surface area (Å²) in [6.45, 7) is 0. The number of hydrogen-bond acceptors (Lipinski definition) is 6. The Balaban J connectivity index is 1.76. The van der Waals surface area contributed by atoms with E-state index >= 15 is 0 Å². The van der Waals surface area contributed by atoms with Crippen LogP contribution in [0.1, 0.15) is 15.9 Å². The average molecular weight is 494 g/mol. The molecule has 4 aromatic rings. The van der Waals surface area contributed by atoms with Crippen molar-refractivity contribution in [1.29, 1.82) is 0 Å². The molecule has 0 fully saturated rings. The maximum absolute atomic E-state index is 14.0. The third kappa shape index (κ3) is 4.88. The molecule has 3 aromatic carbocycles. The van der Waals surface area contributed by atoms with Crippen LogP contribution in [0.3, 0.4) is 0 Å². The molecule has 0 spiro atoms. The zero-order valence-electron chi connectivity index (χ0n) is 19.1. The standard InChI is InChI=1S/C26H21ClFN3O4/c1-33-23-11-15(12-24(34-2)25(23)35-3)22-13-17(16-7-4-5-10-21(16)30-22)26(32)31-29-14-18-19(27)8-6-9-20(18)28/h4-14H,1-3H3,(H,31,32)/b29-14+. The second-order valence-corrected chi connectivity index (χ2v) is 7.73. The molecule has 0 unspecified atom stereocenters. The van der Waals surface area contributed by atoms with Crippen molar-refractivity contribution in [2.24, 2.45) is 5.10 Å². The van der Waals surface area contributed by atoms with E-state index in [-0.39, 0.29) is 10.6 Å². The first-order valence-corrected chi connectivity index (χ1v) is 10.8. The molecule has 0 radical (unpaired) electrons. The van der Waals surface area contributed by atoms with Gasteiger partial charge in [0.05, 0.1) is 49.3 Å². The lowest BCUT2D eigenvalue weighted by atomic mass is 10.0. The maximum Gasteiger partial charge on any atom is 0.272 e. The Hall–Kier alpha value is -4.17. The van der Waals surface area contributed by atoms with Gasteiger partial charge < -0.3 is 14.2 Å². The number of carbonyl (C=O) groups is 1. The fourth-order valence-electron chi connectivity index (χ4n) is 3.59. The number of fused-ring (bicyclic) bond motifs is 1. The van der Waals surface area contributed by atoms with Gasteiger partial charge in [0.25, 0.3) is 5.91 Å². The monoisotopic (exact) mass is 493 g/mol. The molecule has 1 N–H and O–H groups in total. The van der Waals surface area contributed by atoms with Crippen molar-refractivity contribution < 1.29 is 23.4 Å². The Kier molecular flexibility index (Phi) is 7.12. The summed E-state index contributed by atoms with van der Waals surface area (Å²) in [5.41, 5.74) is 4.61. The zero-order valence-corrected chi connectivity index (χ0v) is 19.9. The minimum atomic E-state index is -0.547. The molecule has 9 heteroatoms. The van der Waals surface area contributed by atoms with Crippen LogP contribution >= 0.6 is 11.6 Å². The first kappa shape index (κ1) is 24.0. The van der Waals surface area contributed by atoms with E-state index in [0.29, 0.717) is 45.0 Å². The van der Waals surface area contributed by atoms with Crippen molar-refractivity contribution in [2.75, 3.05) is 21.3 Å². The highest BCUT2D eigenvalue weighted by molar-refractivity contribution is 6.33. The van der Waals surface area contributed by atoms with Crippen LogP contribution in [0.15, 0.2) is 65.8 Å². The summed E-state index contributed by atoms with van der Waals surface area (Å²) in [6.07, 6.45) is 1.17. The summed E-state index contributed by atoms with van der Waals surface area (Å²) in [7, 11) is 4.56. The quantitative estimate of drug-likeness (QED) is 0.272. The highest BCUT2D eigenvalue weighted by Gasteiger charge is 2.18. The number of aromatic nitrogens is 1. The van der Waals surface area contributed by atoms with Gasteiger partial charge in [0, 0.05) is 16.5 Å². The Morgan fingerprint density at radius 3 is 2.37 bits per heavy atom. The normalized spacial score (nSPS) is 11.0. The van der Waals surface area contributed by atoms with Crippen LogP contribution in [0.5, 0.6) is 17.2 Å². The van der Waals surface area contributed by atoms with Gasteiger partial charge in [-0.3, -0.25) is 4.79 Å². The molecule has 0 saturated carbocycles. The summed E-state index contributed by atoms with van der Waals surface area (Å²) >= 11 is 6.02. The molecule has 0 aliphatic heterocycles. The van der Waals surface area contributed by atoms with Gasteiger partial charge in [-0.25, -0.2) is 14.8 Å². The van der Waals surface area contributed by atoms with Crippen LogP contribution < -0.4 is 19.6 Å². The summed E-state index contributed by atoms with van der Waals surface area (Å²) in [5, 5.41) is 4.71. The number of nitrogens with zero attached hydrogens (tertiary/aromatic N) is 2. The lowest BCUT2D eigenvalue weighted by Crippen LogP contribution is -2.18. The lowest BCUT2D eigenvalue weighted by molar-refractivity contribution is 0.0956. The minimum absolute atomic E-state index is 0.0761. The molecule has 7 nitrogen and oxygen atoms in total. The summed E-state index contributed by atoms with van der Waals surface area (Å²) < 4.78 is 30.3. The van der Waals surface area contributed by atoms with Gasteiger partial charge >= 0.3 is 0 Å². The fraction of sp³-hybridized carbons (Fsp3) is 0.115. The van der Waals surface area contributed by atoms with Gasteiger partial charge in [0.2, 0.25) is 5.75 Å². The van der Waals surface area contributed by atoms with Gasteiger partial charge in [-0.2, -0.15) is 5.10 Å². The van der Waals surface area contributed by atoms with Gasteiger partial charge in [-0.1, -0.05) is 35.9 Å². The molecular formula is C26H21ClFN3O4. The molecule has 0 aliphatic carbocycles. The number of carbonyl (C=O) groups excluding carboxylic acids is 1. The van der Waals surface area contributed by atoms with E-state index in [1.807, 2.05) is 12.1 Å². The van der Waals surface area contributed by atoms with E-state index in [1.165, 1.54) is 45.7 Å². The molecule has 35 heavy (non-hydrogen) atoms. The number of hydrogen-bond donors (Lipinski definition) is 1. The molecule has 0 bridgehead atoms. The van der Waals surface area contributed by atoms with Gasteiger partial charge in [-0.15, -0.1) is 0 Å². The Labute approximate surface area is 206 Å². The second-order valence-electron chi connectivity index (χ2n) is 7.32. The number of amides is 1.